The van der Waals surface area contributed by atoms with E-state index >= 15 is 0 Å². The van der Waals surface area contributed by atoms with Gasteiger partial charge in [0.2, 0.25) is 0 Å². The fourth-order valence-corrected chi connectivity index (χ4v) is 6.28. The number of ether oxygens (including phenoxy) is 1. The number of carbonyl (C=O) groups is 1. The summed E-state index contributed by atoms with van der Waals surface area (Å²) in [4.78, 5) is 11.3. The molecule has 0 heterocycles. The van der Waals surface area contributed by atoms with E-state index < -0.39 is 8.32 Å². The molecular formula is C30H49BrO3Si. The van der Waals surface area contributed by atoms with Crippen LogP contribution in [0.2, 0.25) is 18.1 Å². The Morgan fingerprint density at radius 3 is 2.57 bits per heavy atom. The summed E-state index contributed by atoms with van der Waals surface area (Å²) in [6, 6.07) is 0. The number of carbonyl (C=O) groups excluding carboxylic acids is 1. The van der Waals surface area contributed by atoms with Gasteiger partial charge in [-0.05, 0) is 78.9 Å². The van der Waals surface area contributed by atoms with Crippen LogP contribution in [0.25, 0.3) is 0 Å². The molecule has 1 aliphatic rings. The molecule has 0 aliphatic heterocycles. The third kappa shape index (κ3) is 10.4. The number of esters is 1. The smallest absolute Gasteiger partial charge is 0.305 e. The molecule has 35 heavy (non-hydrogen) atoms. The molecule has 0 saturated heterocycles. The second-order valence-electron chi connectivity index (χ2n) is 11.7. The first-order valence-corrected chi connectivity index (χ1v) is 16.8. The Bertz CT molecular complexity index is 825. The lowest BCUT2D eigenvalue weighted by atomic mass is 9.86. The Kier molecular flexibility index (Phi) is 13.3. The molecular weight excluding hydrogens is 516 g/mol. The molecule has 5 atom stereocenters. The van der Waals surface area contributed by atoms with E-state index in [1.165, 1.54) is 17.2 Å². The molecule has 0 amide bonds. The van der Waals surface area contributed by atoms with E-state index in [-0.39, 0.29) is 17.1 Å². The van der Waals surface area contributed by atoms with Gasteiger partial charge in [-0.25, -0.2) is 0 Å². The fraction of sp³-hybridized carbons (Fsp3) is 0.700. The Morgan fingerprint density at radius 2 is 2.00 bits per heavy atom. The SMILES string of the molecule is C=C1C[C@@H](C)[C@H](/C=C/[C@@H](O[Si](C)(C)C(C)(C)C)[C@@H](C)CC#CC)[C@H]1C/C(Br)=C/CCCC(=O)OC. The first-order valence-electron chi connectivity index (χ1n) is 13.1. The van der Waals surface area contributed by atoms with E-state index in [4.69, 9.17) is 9.16 Å². The quantitative estimate of drug-likeness (QED) is 0.0780. The van der Waals surface area contributed by atoms with Gasteiger partial charge in [0.15, 0.2) is 8.32 Å². The molecule has 0 spiro atoms. The summed E-state index contributed by atoms with van der Waals surface area (Å²) in [5.74, 6) is 7.91. The van der Waals surface area contributed by atoms with Crippen LogP contribution in [0.3, 0.4) is 0 Å². The monoisotopic (exact) mass is 564 g/mol. The van der Waals surface area contributed by atoms with Crippen molar-refractivity contribution in [3.8, 4) is 11.8 Å². The third-order valence-corrected chi connectivity index (χ3v) is 12.9. The van der Waals surface area contributed by atoms with Gasteiger partial charge in [0.1, 0.15) is 0 Å². The van der Waals surface area contributed by atoms with E-state index in [0.717, 1.165) is 32.1 Å². The van der Waals surface area contributed by atoms with Crippen LogP contribution in [0.15, 0.2) is 34.9 Å². The molecule has 1 rings (SSSR count). The van der Waals surface area contributed by atoms with Crippen molar-refractivity contribution in [2.75, 3.05) is 7.11 Å². The second kappa shape index (κ2) is 14.6. The van der Waals surface area contributed by atoms with E-state index in [1.807, 2.05) is 6.92 Å². The van der Waals surface area contributed by atoms with Crippen molar-refractivity contribution in [1.82, 2.24) is 0 Å². The van der Waals surface area contributed by atoms with Crippen LogP contribution in [0.1, 0.15) is 80.1 Å². The summed E-state index contributed by atoms with van der Waals surface area (Å²) in [7, 11) is -0.478. The minimum atomic E-state index is -1.92. The van der Waals surface area contributed by atoms with E-state index in [0.29, 0.717) is 30.1 Å². The average molecular weight is 566 g/mol. The van der Waals surface area contributed by atoms with Gasteiger partial charge in [-0.1, -0.05) is 80.9 Å². The van der Waals surface area contributed by atoms with Crippen LogP contribution in [0.5, 0.6) is 0 Å². The third-order valence-electron chi connectivity index (χ3n) is 7.75. The van der Waals surface area contributed by atoms with Crippen LogP contribution in [-0.4, -0.2) is 27.5 Å². The Hall–Kier alpha value is -1.09. The molecule has 0 aromatic heterocycles. The molecule has 1 aliphatic carbocycles. The molecule has 198 valence electrons. The van der Waals surface area contributed by atoms with E-state index in [9.17, 15) is 4.79 Å². The van der Waals surface area contributed by atoms with Gasteiger partial charge in [-0.2, -0.15) is 0 Å². The van der Waals surface area contributed by atoms with Crippen molar-refractivity contribution >= 4 is 30.2 Å². The average Bonchev–Trinajstić information content (AvgIpc) is 3.03. The highest BCUT2D eigenvalue weighted by Gasteiger charge is 2.40. The minimum absolute atomic E-state index is 0.0655. The normalized spacial score (nSPS) is 23.2. The zero-order chi connectivity index (χ0) is 26.8. The number of hydrogen-bond acceptors (Lipinski definition) is 3. The summed E-state index contributed by atoms with van der Waals surface area (Å²) >= 11 is 3.79. The fourth-order valence-electron chi connectivity index (χ4n) is 4.35. The number of halogens is 1. The van der Waals surface area contributed by atoms with Crippen LogP contribution in [-0.2, 0) is 14.0 Å². The van der Waals surface area contributed by atoms with E-state index in [1.54, 1.807) is 0 Å². The van der Waals surface area contributed by atoms with Gasteiger partial charge in [-0.3, -0.25) is 4.79 Å². The summed E-state index contributed by atoms with van der Waals surface area (Å²) < 4.78 is 12.8. The Balaban J connectivity index is 3.02. The van der Waals surface area contributed by atoms with Crippen molar-refractivity contribution in [2.24, 2.45) is 23.7 Å². The minimum Gasteiger partial charge on any atom is -0.469 e. The van der Waals surface area contributed by atoms with Crippen LogP contribution < -0.4 is 0 Å². The van der Waals surface area contributed by atoms with Gasteiger partial charge >= 0.3 is 5.97 Å². The first kappa shape index (κ1) is 31.9. The number of hydrogen-bond donors (Lipinski definition) is 0. The first-order chi connectivity index (χ1) is 16.2. The maximum Gasteiger partial charge on any atom is 0.305 e. The van der Waals surface area contributed by atoms with Crippen LogP contribution in [0.4, 0.5) is 0 Å². The molecule has 0 N–H and O–H groups in total. The highest BCUT2D eigenvalue weighted by atomic mass is 79.9. The molecule has 0 unspecified atom stereocenters. The largest absolute Gasteiger partial charge is 0.469 e. The summed E-state index contributed by atoms with van der Waals surface area (Å²) in [6.45, 7) is 22.5. The van der Waals surface area contributed by atoms with E-state index in [2.05, 4.69) is 100 Å². The summed E-state index contributed by atoms with van der Waals surface area (Å²) in [5.41, 5.74) is 1.33. The zero-order valence-corrected chi connectivity index (χ0v) is 26.3. The van der Waals surface area contributed by atoms with Crippen molar-refractivity contribution in [3.63, 3.8) is 0 Å². The van der Waals surface area contributed by atoms with Crippen LogP contribution >= 0.6 is 15.9 Å². The van der Waals surface area contributed by atoms with Crippen molar-refractivity contribution in [1.29, 1.82) is 0 Å². The maximum absolute atomic E-state index is 11.3. The lowest BCUT2D eigenvalue weighted by Gasteiger charge is -2.40. The lowest BCUT2D eigenvalue weighted by molar-refractivity contribution is -0.140. The molecule has 0 bridgehead atoms. The zero-order valence-electron chi connectivity index (χ0n) is 23.7. The molecule has 0 aromatic rings. The summed E-state index contributed by atoms with van der Waals surface area (Å²) in [5, 5.41) is 0.163. The number of methoxy groups -OCH3 is 1. The second-order valence-corrected chi connectivity index (χ2v) is 17.5. The van der Waals surface area contributed by atoms with Crippen molar-refractivity contribution in [2.45, 2.75) is 104 Å². The number of allylic oxidation sites excluding steroid dienone is 4. The highest BCUT2D eigenvalue weighted by molar-refractivity contribution is 9.11. The van der Waals surface area contributed by atoms with Gasteiger partial charge in [-0.15, -0.1) is 11.8 Å². The van der Waals surface area contributed by atoms with Crippen molar-refractivity contribution < 1.29 is 14.0 Å². The Labute approximate surface area is 225 Å². The number of rotatable bonds is 12. The molecule has 1 saturated carbocycles. The van der Waals surface area contributed by atoms with Gasteiger partial charge in [0.05, 0.1) is 13.2 Å². The molecule has 0 radical (unpaired) electrons. The van der Waals surface area contributed by atoms with Gasteiger partial charge < -0.3 is 9.16 Å². The highest BCUT2D eigenvalue weighted by Crippen LogP contribution is 2.45. The topological polar surface area (TPSA) is 35.5 Å². The Morgan fingerprint density at radius 1 is 1.34 bits per heavy atom. The number of unbranched alkanes of at least 4 members (excludes halogenated alkanes) is 1. The molecule has 5 heteroatoms. The maximum atomic E-state index is 11.3. The predicted molar refractivity (Wildman–Crippen MR) is 156 cm³/mol. The van der Waals surface area contributed by atoms with Crippen molar-refractivity contribution in [3.05, 3.63) is 34.9 Å². The molecule has 1 fully saturated rings. The lowest BCUT2D eigenvalue weighted by Crippen LogP contribution is -2.45. The van der Waals surface area contributed by atoms with Gasteiger partial charge in [0, 0.05) is 12.8 Å². The van der Waals surface area contributed by atoms with Crippen LogP contribution in [0, 0.1) is 35.5 Å². The molecule has 0 aromatic carbocycles. The molecule has 3 nitrogen and oxygen atoms in total. The van der Waals surface area contributed by atoms with Gasteiger partial charge in [0.25, 0.3) is 0 Å². The predicted octanol–water partition coefficient (Wildman–Crippen LogP) is 8.82. The summed E-state index contributed by atoms with van der Waals surface area (Å²) in [6.07, 6.45) is 12.0. The standard InChI is InChI=1S/C30H49BrO3Si/c1-11-12-15-22(2)28(34-35(9,10)30(5,6)7)19-18-26-23(3)20-24(4)27(26)21-25(31)16-13-14-17-29(32)33-8/h16,18-19,22-23,26-28H,4,13-15,17,20-21H2,1-3,5-10H3/b19-18+,25-16-/t22-,23+,26-,27-,28+/m0/s1.